The van der Waals surface area contributed by atoms with Crippen LogP contribution in [-0.2, 0) is 16.0 Å². The quantitative estimate of drug-likeness (QED) is 0.748. The molecule has 0 aliphatic carbocycles. The summed E-state index contributed by atoms with van der Waals surface area (Å²) in [6.45, 7) is 8.56. The number of nitrogens with zero attached hydrogens (tertiary/aromatic N) is 1. The zero-order chi connectivity index (χ0) is 15.1. The van der Waals surface area contributed by atoms with Crippen molar-refractivity contribution >= 4 is 17.3 Å². The number of esters is 1. The van der Waals surface area contributed by atoms with E-state index < -0.39 is 6.10 Å². The number of hydrogen-bond donors (Lipinski definition) is 1. The molecule has 0 spiro atoms. The van der Waals surface area contributed by atoms with E-state index in [2.05, 4.69) is 25.8 Å². The smallest absolute Gasteiger partial charge is 0.311 e. The van der Waals surface area contributed by atoms with Gasteiger partial charge in [-0.05, 0) is 25.2 Å². The van der Waals surface area contributed by atoms with Gasteiger partial charge in [-0.3, -0.25) is 4.79 Å². The molecule has 1 aromatic heterocycles. The van der Waals surface area contributed by atoms with Gasteiger partial charge in [0, 0.05) is 5.38 Å². The van der Waals surface area contributed by atoms with Gasteiger partial charge in [0.15, 0.2) is 0 Å². The first kappa shape index (κ1) is 17.1. The van der Waals surface area contributed by atoms with Crippen molar-refractivity contribution in [3.63, 3.8) is 0 Å². The average molecular weight is 299 g/mol. The van der Waals surface area contributed by atoms with Crippen LogP contribution in [0.1, 0.15) is 57.3 Å². The maximum Gasteiger partial charge on any atom is 0.311 e. The van der Waals surface area contributed by atoms with Crippen molar-refractivity contribution in [3.8, 4) is 0 Å². The molecule has 0 saturated carbocycles. The highest BCUT2D eigenvalue weighted by Gasteiger charge is 2.23. The van der Waals surface area contributed by atoms with E-state index in [0.29, 0.717) is 23.2 Å². The molecule has 1 rings (SSSR count). The van der Waals surface area contributed by atoms with Gasteiger partial charge in [-0.25, -0.2) is 4.98 Å². The average Bonchev–Trinajstić information content (AvgIpc) is 2.83. The summed E-state index contributed by atoms with van der Waals surface area (Å²) >= 11 is 1.42. The lowest BCUT2D eigenvalue weighted by Gasteiger charge is -2.21. The molecule has 1 N–H and O–H groups in total. The number of rotatable bonds is 8. The van der Waals surface area contributed by atoms with Gasteiger partial charge in [0.05, 0.1) is 18.7 Å². The van der Waals surface area contributed by atoms with Crippen molar-refractivity contribution in [3.05, 3.63) is 16.1 Å². The molecule has 1 heterocycles. The minimum atomic E-state index is -0.539. The molecule has 5 heteroatoms. The molecule has 2 atom stereocenters. The number of carbonyl (C=O) groups excluding carboxylic acids is 1. The number of carbonyl (C=O) groups is 1. The molecule has 0 saturated heterocycles. The number of aliphatic hydroxyl groups is 1. The number of hydrogen-bond acceptors (Lipinski definition) is 5. The summed E-state index contributed by atoms with van der Waals surface area (Å²) in [6, 6.07) is 0. The predicted octanol–water partition coefficient (Wildman–Crippen LogP) is 3.35. The van der Waals surface area contributed by atoms with Gasteiger partial charge in [0.1, 0.15) is 11.1 Å². The molecule has 1 aromatic rings. The largest absolute Gasteiger partial charge is 0.466 e. The van der Waals surface area contributed by atoms with Crippen LogP contribution in [0.3, 0.4) is 0 Å². The maximum absolute atomic E-state index is 11.4. The van der Waals surface area contributed by atoms with Gasteiger partial charge >= 0.3 is 5.97 Å². The molecule has 0 fully saturated rings. The van der Waals surface area contributed by atoms with E-state index in [4.69, 9.17) is 4.74 Å². The monoisotopic (exact) mass is 299 g/mol. The lowest BCUT2D eigenvalue weighted by Crippen LogP contribution is -2.14. The van der Waals surface area contributed by atoms with Gasteiger partial charge in [-0.15, -0.1) is 11.3 Å². The van der Waals surface area contributed by atoms with Crippen LogP contribution in [0.4, 0.5) is 0 Å². The first-order valence-corrected chi connectivity index (χ1v) is 8.13. The standard InChI is InChI=1S/C15H25NO3S/c1-5-11(7-10(3)4)14(18)15-16-12(9-20-15)8-13(17)19-6-2/h9-11,14,18H,5-8H2,1-4H3. The van der Waals surface area contributed by atoms with Crippen molar-refractivity contribution in [1.82, 2.24) is 4.98 Å². The normalized spacial score (nSPS) is 14.3. The van der Waals surface area contributed by atoms with Crippen molar-refractivity contribution in [2.24, 2.45) is 11.8 Å². The molecule has 0 aromatic carbocycles. The summed E-state index contributed by atoms with van der Waals surface area (Å²) in [6.07, 6.45) is 1.54. The van der Waals surface area contributed by atoms with Crippen LogP contribution in [0.2, 0.25) is 0 Å². The third-order valence-electron chi connectivity index (χ3n) is 3.20. The van der Waals surface area contributed by atoms with E-state index in [1.165, 1.54) is 11.3 Å². The van der Waals surface area contributed by atoms with Crippen LogP contribution >= 0.6 is 11.3 Å². The second kappa shape index (κ2) is 8.37. The molecule has 0 amide bonds. The minimum Gasteiger partial charge on any atom is -0.466 e. The lowest BCUT2D eigenvalue weighted by atomic mass is 9.90. The Kier molecular flexibility index (Phi) is 7.16. The predicted molar refractivity (Wildman–Crippen MR) is 80.6 cm³/mol. The number of thiazole rings is 1. The summed E-state index contributed by atoms with van der Waals surface area (Å²) in [5.41, 5.74) is 0.682. The number of aliphatic hydroxyl groups excluding tert-OH is 1. The lowest BCUT2D eigenvalue weighted by molar-refractivity contribution is -0.142. The molecule has 0 aliphatic heterocycles. The van der Waals surface area contributed by atoms with Crippen LogP contribution in [-0.4, -0.2) is 22.7 Å². The van der Waals surface area contributed by atoms with Gasteiger partial charge in [0.2, 0.25) is 0 Å². The summed E-state index contributed by atoms with van der Waals surface area (Å²) in [5, 5.41) is 12.9. The number of aromatic nitrogens is 1. The van der Waals surface area contributed by atoms with E-state index >= 15 is 0 Å². The molecule has 4 nitrogen and oxygen atoms in total. The Hall–Kier alpha value is -0.940. The Morgan fingerprint density at radius 3 is 2.70 bits per heavy atom. The van der Waals surface area contributed by atoms with Crippen LogP contribution in [0.15, 0.2) is 5.38 Å². The van der Waals surface area contributed by atoms with Gasteiger partial charge in [-0.2, -0.15) is 0 Å². The molecule has 0 aliphatic rings. The fourth-order valence-corrected chi connectivity index (χ4v) is 3.12. The summed E-state index contributed by atoms with van der Waals surface area (Å²) < 4.78 is 4.90. The first-order valence-electron chi connectivity index (χ1n) is 7.25. The fraction of sp³-hybridized carbons (Fsp3) is 0.733. The molecular formula is C15H25NO3S. The highest BCUT2D eigenvalue weighted by molar-refractivity contribution is 7.09. The Labute approximate surface area is 125 Å². The third kappa shape index (κ3) is 5.21. The first-order chi connectivity index (χ1) is 9.47. The van der Waals surface area contributed by atoms with E-state index in [0.717, 1.165) is 12.8 Å². The molecule has 0 radical (unpaired) electrons. The molecular weight excluding hydrogens is 274 g/mol. The van der Waals surface area contributed by atoms with Crippen molar-refractivity contribution in [1.29, 1.82) is 0 Å². The minimum absolute atomic E-state index is 0.179. The van der Waals surface area contributed by atoms with Gasteiger partial charge in [-0.1, -0.05) is 27.2 Å². The molecule has 0 bridgehead atoms. The number of ether oxygens (including phenoxy) is 1. The van der Waals surface area contributed by atoms with Crippen molar-refractivity contribution < 1.29 is 14.6 Å². The van der Waals surface area contributed by atoms with E-state index in [1.807, 2.05) is 5.38 Å². The van der Waals surface area contributed by atoms with Crippen LogP contribution in [0, 0.1) is 11.8 Å². The SMILES string of the molecule is CCOC(=O)Cc1csc(C(O)C(CC)CC(C)C)n1. The zero-order valence-electron chi connectivity index (χ0n) is 12.8. The third-order valence-corrected chi connectivity index (χ3v) is 4.16. The second-order valence-corrected chi connectivity index (χ2v) is 6.29. The topological polar surface area (TPSA) is 59.4 Å². The van der Waals surface area contributed by atoms with Gasteiger partial charge in [0.25, 0.3) is 0 Å². The van der Waals surface area contributed by atoms with Crippen LogP contribution < -0.4 is 0 Å². The highest BCUT2D eigenvalue weighted by Crippen LogP contribution is 2.31. The molecule has 2 unspecified atom stereocenters. The Morgan fingerprint density at radius 1 is 1.45 bits per heavy atom. The zero-order valence-corrected chi connectivity index (χ0v) is 13.6. The summed E-state index contributed by atoms with van der Waals surface area (Å²) in [5.74, 6) is 0.498. The van der Waals surface area contributed by atoms with Crippen molar-refractivity contribution in [2.75, 3.05) is 6.61 Å². The summed E-state index contributed by atoms with van der Waals surface area (Å²) in [7, 11) is 0. The van der Waals surface area contributed by atoms with E-state index in [1.54, 1.807) is 6.92 Å². The molecule has 114 valence electrons. The van der Waals surface area contributed by atoms with E-state index in [9.17, 15) is 9.90 Å². The van der Waals surface area contributed by atoms with Crippen molar-refractivity contribution in [2.45, 2.75) is 53.1 Å². The summed E-state index contributed by atoms with van der Waals surface area (Å²) in [4.78, 5) is 15.8. The highest BCUT2D eigenvalue weighted by atomic mass is 32.1. The Bertz CT molecular complexity index is 417. The van der Waals surface area contributed by atoms with E-state index in [-0.39, 0.29) is 18.3 Å². The maximum atomic E-state index is 11.4. The Balaban J connectivity index is 2.67. The molecule has 20 heavy (non-hydrogen) atoms. The Morgan fingerprint density at radius 2 is 2.15 bits per heavy atom. The van der Waals surface area contributed by atoms with Gasteiger partial charge < -0.3 is 9.84 Å². The second-order valence-electron chi connectivity index (χ2n) is 5.40. The van der Waals surface area contributed by atoms with Crippen LogP contribution in [0.25, 0.3) is 0 Å². The van der Waals surface area contributed by atoms with Crippen LogP contribution in [0.5, 0.6) is 0 Å². The fourth-order valence-electron chi connectivity index (χ4n) is 2.23.